The maximum Gasteiger partial charge on any atom is 2.00 e. The van der Waals surface area contributed by atoms with Gasteiger partial charge in [-0.2, -0.15) is 0 Å². The number of rotatable bonds is 0. The molecule has 0 aliphatic heterocycles. The molecule has 9 heavy (non-hydrogen) atoms. The van der Waals surface area contributed by atoms with E-state index >= 15 is 0 Å². The van der Waals surface area contributed by atoms with Crippen molar-refractivity contribution in [3.8, 4) is 5.75 Å². The summed E-state index contributed by atoms with van der Waals surface area (Å²) in [6.07, 6.45) is 0. The van der Waals surface area contributed by atoms with E-state index in [9.17, 15) is 5.11 Å². The summed E-state index contributed by atoms with van der Waals surface area (Å²) in [4.78, 5) is 0. The molecule has 0 saturated carbocycles. The summed E-state index contributed by atoms with van der Waals surface area (Å²) in [6.45, 7) is 0. The zero-order chi connectivity index (χ0) is 5.98. The SMILES string of the molecule is [Cu+2].[O-]c1ccc(Cl)cc1. The monoisotopic (exact) mass is 190 g/mol. The van der Waals surface area contributed by atoms with Crippen molar-refractivity contribution in [2.75, 3.05) is 0 Å². The summed E-state index contributed by atoms with van der Waals surface area (Å²) in [7, 11) is 0. The van der Waals surface area contributed by atoms with Crippen LogP contribution in [-0.4, -0.2) is 0 Å². The third-order valence-corrected chi connectivity index (χ3v) is 1.07. The van der Waals surface area contributed by atoms with Crippen molar-refractivity contribution in [1.29, 1.82) is 0 Å². The van der Waals surface area contributed by atoms with Crippen molar-refractivity contribution in [2.24, 2.45) is 0 Å². The molecular formula is C6H4ClCuO+. The minimum Gasteiger partial charge on any atom is -0.872 e. The third-order valence-electron chi connectivity index (χ3n) is 0.814. The van der Waals surface area contributed by atoms with Crippen molar-refractivity contribution >= 4 is 11.6 Å². The molecule has 0 saturated heterocycles. The van der Waals surface area contributed by atoms with Crippen LogP contribution in [0.3, 0.4) is 0 Å². The first-order valence-corrected chi connectivity index (χ1v) is 2.59. The Morgan fingerprint density at radius 1 is 1.11 bits per heavy atom. The first kappa shape index (κ1) is 8.83. The Balaban J connectivity index is 0.000000640. The Hall–Kier alpha value is -0.171. The van der Waals surface area contributed by atoms with Gasteiger partial charge in [0.25, 0.3) is 0 Å². The third kappa shape index (κ3) is 2.75. The normalized spacial score (nSPS) is 8.11. The minimum atomic E-state index is -0.00519. The Morgan fingerprint density at radius 3 is 1.89 bits per heavy atom. The molecule has 0 unspecified atom stereocenters. The fraction of sp³-hybridized carbons (Fsp3) is 0. The van der Waals surface area contributed by atoms with Crippen molar-refractivity contribution in [3.63, 3.8) is 0 Å². The number of benzene rings is 1. The van der Waals surface area contributed by atoms with Crippen LogP contribution in [-0.2, 0) is 17.1 Å². The maximum atomic E-state index is 10.4. The summed E-state index contributed by atoms with van der Waals surface area (Å²) in [5, 5.41) is 11.0. The zero-order valence-electron chi connectivity index (χ0n) is 4.40. The van der Waals surface area contributed by atoms with E-state index < -0.39 is 0 Å². The Labute approximate surface area is 69.1 Å². The summed E-state index contributed by atoms with van der Waals surface area (Å²) >= 11 is 5.47. The molecule has 0 spiro atoms. The average Bonchev–Trinajstić information content (AvgIpc) is 1.77. The molecule has 1 nitrogen and oxygen atoms in total. The van der Waals surface area contributed by atoms with E-state index in [1.807, 2.05) is 0 Å². The van der Waals surface area contributed by atoms with Gasteiger partial charge in [-0.25, -0.2) is 0 Å². The number of hydrogen-bond acceptors (Lipinski definition) is 1. The summed E-state index contributed by atoms with van der Waals surface area (Å²) in [6, 6.07) is 6.01. The van der Waals surface area contributed by atoms with Gasteiger partial charge in [-0.05, 0) is 12.1 Å². The summed E-state index contributed by atoms with van der Waals surface area (Å²) < 4.78 is 0. The van der Waals surface area contributed by atoms with Crippen molar-refractivity contribution < 1.29 is 22.2 Å². The second-order valence-corrected chi connectivity index (χ2v) is 1.89. The molecule has 1 rings (SSSR count). The second kappa shape index (κ2) is 3.78. The minimum absolute atomic E-state index is 0. The topological polar surface area (TPSA) is 23.1 Å². The van der Waals surface area contributed by atoms with Gasteiger partial charge in [-0.15, -0.1) is 5.75 Å². The maximum absolute atomic E-state index is 10.4. The van der Waals surface area contributed by atoms with Crippen LogP contribution < -0.4 is 5.11 Å². The average molecular weight is 191 g/mol. The van der Waals surface area contributed by atoms with Crippen LogP contribution in [0.15, 0.2) is 24.3 Å². The molecule has 0 aliphatic carbocycles. The quantitative estimate of drug-likeness (QED) is 0.568. The molecule has 0 heterocycles. The van der Waals surface area contributed by atoms with E-state index in [0.29, 0.717) is 5.02 Å². The van der Waals surface area contributed by atoms with Crippen LogP contribution in [0.4, 0.5) is 0 Å². The van der Waals surface area contributed by atoms with Gasteiger partial charge < -0.3 is 5.11 Å². The van der Waals surface area contributed by atoms with Gasteiger partial charge in [-0.1, -0.05) is 23.7 Å². The molecule has 0 atom stereocenters. The first-order chi connectivity index (χ1) is 3.79. The van der Waals surface area contributed by atoms with Gasteiger partial charge in [0.05, 0.1) is 0 Å². The molecule has 3 heteroatoms. The van der Waals surface area contributed by atoms with Crippen LogP contribution in [0.5, 0.6) is 5.75 Å². The Bertz CT molecular complexity index is 152. The molecule has 1 radical (unpaired) electrons. The van der Waals surface area contributed by atoms with E-state index in [4.69, 9.17) is 11.6 Å². The van der Waals surface area contributed by atoms with E-state index in [0.717, 1.165) is 0 Å². The van der Waals surface area contributed by atoms with Crippen LogP contribution in [0.25, 0.3) is 0 Å². The fourth-order valence-corrected chi connectivity index (χ4v) is 0.561. The number of hydrogen-bond donors (Lipinski definition) is 0. The van der Waals surface area contributed by atoms with Gasteiger partial charge in [0.15, 0.2) is 0 Å². The zero-order valence-corrected chi connectivity index (χ0v) is 6.09. The smallest absolute Gasteiger partial charge is 0.872 e. The molecule has 0 amide bonds. The molecule has 0 N–H and O–H groups in total. The van der Waals surface area contributed by atoms with Crippen molar-refractivity contribution in [1.82, 2.24) is 0 Å². The van der Waals surface area contributed by atoms with Crippen molar-refractivity contribution in [2.45, 2.75) is 0 Å². The molecule has 0 bridgehead atoms. The molecule has 0 fully saturated rings. The van der Waals surface area contributed by atoms with Gasteiger partial charge in [-0.3, -0.25) is 0 Å². The largest absolute Gasteiger partial charge is 2.00 e. The van der Waals surface area contributed by atoms with Gasteiger partial charge in [0, 0.05) is 5.02 Å². The van der Waals surface area contributed by atoms with Crippen LogP contribution in [0, 0.1) is 0 Å². The summed E-state index contributed by atoms with van der Waals surface area (Å²) in [5.41, 5.74) is 0. The van der Waals surface area contributed by atoms with Crippen LogP contribution >= 0.6 is 11.6 Å². The Kier molecular flexibility index (Phi) is 3.71. The van der Waals surface area contributed by atoms with E-state index in [1.165, 1.54) is 12.1 Å². The van der Waals surface area contributed by atoms with Gasteiger partial charge in [0.2, 0.25) is 0 Å². The van der Waals surface area contributed by atoms with Gasteiger partial charge >= 0.3 is 17.1 Å². The molecule has 51 valence electrons. The van der Waals surface area contributed by atoms with Crippen molar-refractivity contribution in [3.05, 3.63) is 29.3 Å². The van der Waals surface area contributed by atoms with Crippen LogP contribution in [0.2, 0.25) is 5.02 Å². The summed E-state index contributed by atoms with van der Waals surface area (Å²) in [5.74, 6) is -0.00519. The molecule has 1 aromatic rings. The predicted molar refractivity (Wildman–Crippen MR) is 30.9 cm³/mol. The predicted octanol–water partition coefficient (Wildman–Crippen LogP) is 1.41. The Morgan fingerprint density at radius 2 is 1.56 bits per heavy atom. The van der Waals surface area contributed by atoms with Gasteiger partial charge in [0.1, 0.15) is 0 Å². The standard InChI is InChI=1S/C6H5ClO.Cu/c7-5-1-3-6(8)4-2-5;/h1-4,8H;/q;+2/p-1. The first-order valence-electron chi connectivity index (χ1n) is 2.21. The van der Waals surface area contributed by atoms with E-state index in [2.05, 4.69) is 0 Å². The molecular weight excluding hydrogens is 187 g/mol. The molecule has 0 aromatic heterocycles. The van der Waals surface area contributed by atoms with E-state index in [1.54, 1.807) is 12.1 Å². The fourth-order valence-electron chi connectivity index (χ4n) is 0.435. The number of halogens is 1. The molecule has 0 aliphatic rings. The van der Waals surface area contributed by atoms with E-state index in [-0.39, 0.29) is 22.8 Å². The van der Waals surface area contributed by atoms with Crippen LogP contribution in [0.1, 0.15) is 0 Å². The second-order valence-electron chi connectivity index (χ2n) is 1.45. The molecule has 1 aromatic carbocycles.